The molecular formula is C17H26N2O2. The van der Waals surface area contributed by atoms with Gasteiger partial charge in [-0.25, -0.2) is 0 Å². The monoisotopic (exact) mass is 290 g/mol. The molecule has 1 aromatic rings. The maximum absolute atomic E-state index is 11.8. The normalized spacial score (nSPS) is 18.0. The van der Waals surface area contributed by atoms with E-state index in [0.29, 0.717) is 11.8 Å². The van der Waals surface area contributed by atoms with Crippen molar-refractivity contribution in [2.24, 2.45) is 5.92 Å². The molecule has 116 valence electrons. The molecule has 1 aromatic carbocycles. The first kappa shape index (κ1) is 15.8. The molecule has 0 saturated carbocycles. The lowest BCUT2D eigenvalue weighted by Crippen LogP contribution is -2.30. The van der Waals surface area contributed by atoms with Crippen LogP contribution in [0.1, 0.15) is 38.2 Å². The van der Waals surface area contributed by atoms with Gasteiger partial charge in [-0.05, 0) is 55.5 Å². The average molecular weight is 290 g/mol. The van der Waals surface area contributed by atoms with Crippen LogP contribution in [-0.4, -0.2) is 32.1 Å². The molecule has 4 nitrogen and oxygen atoms in total. The van der Waals surface area contributed by atoms with Gasteiger partial charge in [-0.2, -0.15) is 0 Å². The van der Waals surface area contributed by atoms with Crippen LogP contribution in [0.3, 0.4) is 0 Å². The summed E-state index contributed by atoms with van der Waals surface area (Å²) < 4.78 is 5.56. The molecule has 1 aliphatic rings. The Morgan fingerprint density at radius 1 is 1.48 bits per heavy atom. The minimum absolute atomic E-state index is 0.0455. The fourth-order valence-electron chi connectivity index (χ4n) is 2.54. The SMILES string of the molecule is CC(C)c1cccc(OCC(=O)NCCC2CCNC2)c1. The third-order valence-electron chi connectivity index (χ3n) is 3.93. The molecule has 1 fully saturated rings. The Kier molecular flexibility index (Phi) is 6.05. The first-order chi connectivity index (χ1) is 10.1. The van der Waals surface area contributed by atoms with Crippen molar-refractivity contribution < 1.29 is 9.53 Å². The molecule has 0 radical (unpaired) electrons. The highest BCUT2D eigenvalue weighted by molar-refractivity contribution is 5.77. The van der Waals surface area contributed by atoms with Gasteiger partial charge in [0.15, 0.2) is 6.61 Å². The molecule has 1 unspecified atom stereocenters. The summed E-state index contributed by atoms with van der Waals surface area (Å²) in [6.07, 6.45) is 2.26. The summed E-state index contributed by atoms with van der Waals surface area (Å²) in [5.41, 5.74) is 1.22. The van der Waals surface area contributed by atoms with Crippen molar-refractivity contribution >= 4 is 5.91 Å². The largest absolute Gasteiger partial charge is 0.484 e. The van der Waals surface area contributed by atoms with E-state index >= 15 is 0 Å². The maximum atomic E-state index is 11.8. The van der Waals surface area contributed by atoms with Gasteiger partial charge >= 0.3 is 0 Å². The van der Waals surface area contributed by atoms with Crippen LogP contribution >= 0.6 is 0 Å². The lowest BCUT2D eigenvalue weighted by molar-refractivity contribution is -0.123. The van der Waals surface area contributed by atoms with Crippen molar-refractivity contribution in [1.29, 1.82) is 0 Å². The molecule has 1 aliphatic heterocycles. The molecule has 0 spiro atoms. The van der Waals surface area contributed by atoms with Crippen molar-refractivity contribution in [1.82, 2.24) is 10.6 Å². The average Bonchev–Trinajstić information content (AvgIpc) is 2.99. The molecule has 1 amide bonds. The quantitative estimate of drug-likeness (QED) is 0.810. The molecule has 1 atom stereocenters. The van der Waals surface area contributed by atoms with Crippen LogP contribution in [-0.2, 0) is 4.79 Å². The number of amides is 1. The van der Waals surface area contributed by atoms with E-state index in [1.165, 1.54) is 12.0 Å². The maximum Gasteiger partial charge on any atom is 0.257 e. The Morgan fingerprint density at radius 2 is 2.33 bits per heavy atom. The van der Waals surface area contributed by atoms with Crippen LogP contribution in [0, 0.1) is 5.92 Å². The molecule has 0 aliphatic carbocycles. The highest BCUT2D eigenvalue weighted by Gasteiger charge is 2.14. The Balaban J connectivity index is 1.67. The zero-order chi connectivity index (χ0) is 15.1. The lowest BCUT2D eigenvalue weighted by atomic mass is 10.0. The van der Waals surface area contributed by atoms with E-state index in [1.54, 1.807) is 0 Å². The van der Waals surface area contributed by atoms with Crippen LogP contribution in [0.2, 0.25) is 0 Å². The summed E-state index contributed by atoms with van der Waals surface area (Å²) in [6, 6.07) is 7.94. The molecule has 1 heterocycles. The van der Waals surface area contributed by atoms with Gasteiger partial charge in [-0.15, -0.1) is 0 Å². The molecule has 1 saturated heterocycles. The zero-order valence-electron chi connectivity index (χ0n) is 13.0. The number of benzene rings is 1. The van der Waals surface area contributed by atoms with E-state index in [9.17, 15) is 4.79 Å². The smallest absolute Gasteiger partial charge is 0.257 e. The fraction of sp³-hybridized carbons (Fsp3) is 0.588. The third-order valence-corrected chi connectivity index (χ3v) is 3.93. The second kappa shape index (κ2) is 8.03. The highest BCUT2D eigenvalue weighted by Crippen LogP contribution is 2.19. The van der Waals surface area contributed by atoms with Crippen LogP contribution < -0.4 is 15.4 Å². The first-order valence-electron chi connectivity index (χ1n) is 7.85. The molecule has 21 heavy (non-hydrogen) atoms. The van der Waals surface area contributed by atoms with Crippen molar-refractivity contribution in [3.63, 3.8) is 0 Å². The summed E-state index contributed by atoms with van der Waals surface area (Å²) in [5.74, 6) is 1.88. The predicted molar refractivity (Wildman–Crippen MR) is 84.6 cm³/mol. The number of hydrogen-bond acceptors (Lipinski definition) is 3. The molecule has 2 rings (SSSR count). The topological polar surface area (TPSA) is 50.4 Å². The van der Waals surface area contributed by atoms with Crippen LogP contribution in [0.4, 0.5) is 0 Å². The minimum Gasteiger partial charge on any atom is -0.484 e. The predicted octanol–water partition coefficient (Wildman–Crippen LogP) is 2.30. The summed E-state index contributed by atoms with van der Waals surface area (Å²) >= 11 is 0. The third kappa shape index (κ3) is 5.38. The Labute approximate surface area is 127 Å². The van der Waals surface area contributed by atoms with Gasteiger partial charge in [0.05, 0.1) is 0 Å². The Hall–Kier alpha value is -1.55. The van der Waals surface area contributed by atoms with Crippen molar-refractivity contribution in [3.8, 4) is 5.75 Å². The number of carbonyl (C=O) groups excluding carboxylic acids is 1. The number of hydrogen-bond donors (Lipinski definition) is 2. The van der Waals surface area contributed by atoms with Crippen LogP contribution in [0.5, 0.6) is 5.75 Å². The fourth-order valence-corrected chi connectivity index (χ4v) is 2.54. The van der Waals surface area contributed by atoms with Gasteiger partial charge < -0.3 is 15.4 Å². The Morgan fingerprint density at radius 3 is 3.05 bits per heavy atom. The van der Waals surface area contributed by atoms with Crippen molar-refractivity contribution in [3.05, 3.63) is 29.8 Å². The number of rotatable bonds is 7. The van der Waals surface area contributed by atoms with E-state index in [1.807, 2.05) is 18.2 Å². The van der Waals surface area contributed by atoms with Crippen LogP contribution in [0.15, 0.2) is 24.3 Å². The van der Waals surface area contributed by atoms with E-state index < -0.39 is 0 Å². The van der Waals surface area contributed by atoms with E-state index in [-0.39, 0.29) is 12.5 Å². The van der Waals surface area contributed by atoms with Crippen LogP contribution in [0.25, 0.3) is 0 Å². The van der Waals surface area contributed by atoms with Gasteiger partial charge in [0.2, 0.25) is 0 Å². The second-order valence-corrected chi connectivity index (χ2v) is 6.01. The standard InChI is InChI=1S/C17H26N2O2/c1-13(2)15-4-3-5-16(10-15)21-12-17(20)19-9-7-14-6-8-18-11-14/h3-5,10,13-14,18H,6-9,11-12H2,1-2H3,(H,19,20). The summed E-state index contributed by atoms with van der Waals surface area (Å²) in [6.45, 7) is 7.29. The summed E-state index contributed by atoms with van der Waals surface area (Å²) in [7, 11) is 0. The highest BCUT2D eigenvalue weighted by atomic mass is 16.5. The van der Waals surface area contributed by atoms with E-state index in [2.05, 4.69) is 30.5 Å². The number of nitrogens with one attached hydrogen (secondary N) is 2. The van der Waals surface area contributed by atoms with Crippen molar-refractivity contribution in [2.45, 2.75) is 32.6 Å². The molecule has 0 bridgehead atoms. The van der Waals surface area contributed by atoms with E-state index in [0.717, 1.165) is 31.8 Å². The van der Waals surface area contributed by atoms with Gasteiger partial charge in [-0.1, -0.05) is 26.0 Å². The summed E-state index contributed by atoms with van der Waals surface area (Å²) in [5, 5.41) is 6.26. The molecule has 4 heteroatoms. The molecule has 0 aromatic heterocycles. The number of carbonyl (C=O) groups is 1. The van der Waals surface area contributed by atoms with Gasteiger partial charge in [0, 0.05) is 6.54 Å². The van der Waals surface area contributed by atoms with E-state index in [4.69, 9.17) is 4.74 Å². The van der Waals surface area contributed by atoms with Crippen molar-refractivity contribution in [2.75, 3.05) is 26.2 Å². The Bertz CT molecular complexity index is 454. The van der Waals surface area contributed by atoms with Gasteiger partial charge in [0.1, 0.15) is 5.75 Å². The zero-order valence-corrected chi connectivity index (χ0v) is 13.0. The summed E-state index contributed by atoms with van der Waals surface area (Å²) in [4.78, 5) is 11.8. The number of ether oxygens (including phenoxy) is 1. The van der Waals surface area contributed by atoms with Gasteiger partial charge in [-0.3, -0.25) is 4.79 Å². The lowest BCUT2D eigenvalue weighted by Gasteiger charge is -2.11. The van der Waals surface area contributed by atoms with Gasteiger partial charge in [0.25, 0.3) is 5.91 Å². The first-order valence-corrected chi connectivity index (χ1v) is 7.85. The molecule has 2 N–H and O–H groups in total. The molecular weight excluding hydrogens is 264 g/mol. The second-order valence-electron chi connectivity index (χ2n) is 6.01. The minimum atomic E-state index is -0.0455.